The zero-order chi connectivity index (χ0) is 13.2. The molecule has 3 nitrogen and oxygen atoms in total. The average molecular weight is 246 g/mol. The maximum Gasteiger partial charge on any atom is 0.331 e. The number of hydrogen-bond donors (Lipinski definition) is 0. The molecule has 0 radical (unpaired) electrons. The van der Waals surface area contributed by atoms with Gasteiger partial charge in [-0.2, -0.15) is 0 Å². The van der Waals surface area contributed by atoms with Gasteiger partial charge in [0.15, 0.2) is 0 Å². The van der Waals surface area contributed by atoms with Crippen LogP contribution in [-0.2, 0) is 14.3 Å². The van der Waals surface area contributed by atoms with E-state index in [4.69, 9.17) is 4.74 Å². The van der Waals surface area contributed by atoms with Gasteiger partial charge in [-0.1, -0.05) is 30.3 Å². The van der Waals surface area contributed by atoms with Gasteiger partial charge in [-0.3, -0.25) is 0 Å². The van der Waals surface area contributed by atoms with Crippen LogP contribution < -0.4 is 0 Å². The van der Waals surface area contributed by atoms with Crippen molar-refractivity contribution in [3.63, 3.8) is 0 Å². The molecule has 0 N–H and O–H groups in total. The summed E-state index contributed by atoms with van der Waals surface area (Å²) < 4.78 is 4.92. The molecule has 0 fully saturated rings. The maximum absolute atomic E-state index is 11.5. The summed E-state index contributed by atoms with van der Waals surface area (Å²) in [7, 11) is 0. The van der Waals surface area contributed by atoms with E-state index >= 15 is 0 Å². The second-order valence-electron chi connectivity index (χ2n) is 3.85. The molecule has 1 aromatic rings. The van der Waals surface area contributed by atoms with Crippen LogP contribution in [0, 0.1) is 0 Å². The van der Waals surface area contributed by atoms with Gasteiger partial charge in [-0.25, -0.2) is 4.79 Å². The van der Waals surface area contributed by atoms with Crippen molar-refractivity contribution in [2.75, 3.05) is 6.61 Å². The van der Waals surface area contributed by atoms with Crippen molar-refractivity contribution >= 4 is 17.8 Å². The fourth-order valence-electron chi connectivity index (χ4n) is 1.65. The number of ether oxygens (including phenoxy) is 1. The van der Waals surface area contributed by atoms with Crippen LogP contribution in [0.4, 0.5) is 0 Å². The van der Waals surface area contributed by atoms with E-state index in [-0.39, 0.29) is 5.97 Å². The SMILES string of the molecule is CCOC(=O)/C=C(/CCCC=O)c1ccccc1. The number of allylic oxidation sites excluding steroid dienone is 1. The molecule has 3 heteroatoms. The summed E-state index contributed by atoms with van der Waals surface area (Å²) in [4.78, 5) is 21.8. The maximum atomic E-state index is 11.5. The molecule has 0 atom stereocenters. The number of esters is 1. The van der Waals surface area contributed by atoms with Gasteiger partial charge in [0.05, 0.1) is 6.61 Å². The third-order valence-electron chi connectivity index (χ3n) is 2.49. The van der Waals surface area contributed by atoms with E-state index in [0.717, 1.165) is 23.8 Å². The molecule has 0 bridgehead atoms. The normalized spacial score (nSPS) is 11.1. The number of aldehydes is 1. The summed E-state index contributed by atoms with van der Waals surface area (Å²) in [6.45, 7) is 2.14. The zero-order valence-corrected chi connectivity index (χ0v) is 10.6. The molecule has 96 valence electrons. The van der Waals surface area contributed by atoms with Crippen LogP contribution in [0.25, 0.3) is 5.57 Å². The molecular weight excluding hydrogens is 228 g/mol. The lowest BCUT2D eigenvalue weighted by molar-refractivity contribution is -0.137. The fourth-order valence-corrected chi connectivity index (χ4v) is 1.65. The minimum atomic E-state index is -0.331. The number of carbonyl (C=O) groups is 2. The third kappa shape index (κ3) is 4.95. The Balaban J connectivity index is 2.81. The van der Waals surface area contributed by atoms with Crippen molar-refractivity contribution < 1.29 is 14.3 Å². The van der Waals surface area contributed by atoms with Crippen molar-refractivity contribution in [1.82, 2.24) is 0 Å². The quantitative estimate of drug-likeness (QED) is 0.321. The minimum absolute atomic E-state index is 0.331. The largest absolute Gasteiger partial charge is 0.463 e. The number of rotatable bonds is 7. The molecule has 1 rings (SSSR count). The van der Waals surface area contributed by atoms with Gasteiger partial charge >= 0.3 is 5.97 Å². The number of benzene rings is 1. The van der Waals surface area contributed by atoms with Crippen LogP contribution in [0.3, 0.4) is 0 Å². The first-order valence-corrected chi connectivity index (χ1v) is 6.14. The minimum Gasteiger partial charge on any atom is -0.463 e. The Morgan fingerprint density at radius 2 is 2.00 bits per heavy atom. The molecule has 0 heterocycles. The highest BCUT2D eigenvalue weighted by Gasteiger charge is 2.05. The average Bonchev–Trinajstić information content (AvgIpc) is 2.39. The summed E-state index contributed by atoms with van der Waals surface area (Å²) in [5, 5.41) is 0. The molecule has 1 aromatic carbocycles. The van der Waals surface area contributed by atoms with Crippen LogP contribution >= 0.6 is 0 Å². The van der Waals surface area contributed by atoms with Gasteiger partial charge in [-0.05, 0) is 30.9 Å². The lowest BCUT2D eigenvalue weighted by Crippen LogP contribution is -2.01. The van der Waals surface area contributed by atoms with Crippen LogP contribution in [0.15, 0.2) is 36.4 Å². The second-order valence-corrected chi connectivity index (χ2v) is 3.85. The molecule has 0 spiro atoms. The predicted molar refractivity (Wildman–Crippen MR) is 71.0 cm³/mol. The molecule has 0 aliphatic carbocycles. The van der Waals surface area contributed by atoms with Crippen molar-refractivity contribution in [2.24, 2.45) is 0 Å². The Morgan fingerprint density at radius 3 is 2.61 bits per heavy atom. The van der Waals surface area contributed by atoms with Crippen LogP contribution in [0.1, 0.15) is 31.7 Å². The molecule has 18 heavy (non-hydrogen) atoms. The Labute approximate surface area is 107 Å². The van der Waals surface area contributed by atoms with Crippen LogP contribution in [0.5, 0.6) is 0 Å². The van der Waals surface area contributed by atoms with E-state index in [1.807, 2.05) is 30.3 Å². The molecule has 0 saturated heterocycles. The van der Waals surface area contributed by atoms with Gasteiger partial charge < -0.3 is 9.53 Å². The summed E-state index contributed by atoms with van der Waals surface area (Å²) >= 11 is 0. The summed E-state index contributed by atoms with van der Waals surface area (Å²) in [5.74, 6) is -0.331. The highest BCUT2D eigenvalue weighted by atomic mass is 16.5. The first-order valence-electron chi connectivity index (χ1n) is 6.14. The molecular formula is C15H18O3. The summed E-state index contributed by atoms with van der Waals surface area (Å²) in [5.41, 5.74) is 1.91. The lowest BCUT2D eigenvalue weighted by atomic mass is 10.00. The molecule has 0 unspecified atom stereocenters. The second kappa shape index (κ2) is 8.23. The van der Waals surface area contributed by atoms with Crippen molar-refractivity contribution in [1.29, 1.82) is 0 Å². The topological polar surface area (TPSA) is 43.4 Å². The highest BCUT2D eigenvalue weighted by molar-refractivity contribution is 5.91. The highest BCUT2D eigenvalue weighted by Crippen LogP contribution is 2.20. The van der Waals surface area contributed by atoms with Crippen LogP contribution in [-0.4, -0.2) is 18.9 Å². The number of hydrogen-bond acceptors (Lipinski definition) is 3. The van der Waals surface area contributed by atoms with E-state index < -0.39 is 0 Å². The Hall–Kier alpha value is -1.90. The lowest BCUT2D eigenvalue weighted by Gasteiger charge is -2.07. The van der Waals surface area contributed by atoms with Gasteiger partial charge in [0.25, 0.3) is 0 Å². The van der Waals surface area contributed by atoms with Crippen LogP contribution in [0.2, 0.25) is 0 Å². The van der Waals surface area contributed by atoms with E-state index in [1.54, 1.807) is 6.92 Å². The molecule has 0 aromatic heterocycles. The first-order chi connectivity index (χ1) is 8.77. The summed E-state index contributed by atoms with van der Waals surface area (Å²) in [6, 6.07) is 9.68. The van der Waals surface area contributed by atoms with E-state index in [9.17, 15) is 9.59 Å². The Morgan fingerprint density at radius 1 is 1.28 bits per heavy atom. The van der Waals surface area contributed by atoms with Gasteiger partial charge in [0, 0.05) is 12.5 Å². The monoisotopic (exact) mass is 246 g/mol. The van der Waals surface area contributed by atoms with E-state index in [0.29, 0.717) is 19.4 Å². The van der Waals surface area contributed by atoms with Gasteiger partial charge in [0.1, 0.15) is 6.29 Å². The molecule has 0 saturated carbocycles. The van der Waals surface area contributed by atoms with Crippen molar-refractivity contribution in [3.05, 3.63) is 42.0 Å². The standard InChI is InChI=1S/C15H18O3/c1-2-18-15(17)12-14(10-6-7-11-16)13-8-4-3-5-9-13/h3-5,8-9,11-12H,2,6-7,10H2,1H3/b14-12-. The molecule has 0 aliphatic heterocycles. The van der Waals surface area contributed by atoms with E-state index in [1.165, 1.54) is 6.08 Å². The Kier molecular flexibility index (Phi) is 6.47. The number of carbonyl (C=O) groups excluding carboxylic acids is 2. The zero-order valence-electron chi connectivity index (χ0n) is 10.6. The summed E-state index contributed by atoms with van der Waals surface area (Å²) in [6.07, 6.45) is 4.36. The van der Waals surface area contributed by atoms with Gasteiger partial charge in [-0.15, -0.1) is 0 Å². The molecule has 0 amide bonds. The van der Waals surface area contributed by atoms with Crippen molar-refractivity contribution in [3.8, 4) is 0 Å². The first kappa shape index (κ1) is 14.2. The fraction of sp³-hybridized carbons (Fsp3) is 0.333. The predicted octanol–water partition coefficient (Wildman–Crippen LogP) is 3.00. The van der Waals surface area contributed by atoms with E-state index in [2.05, 4.69) is 0 Å². The van der Waals surface area contributed by atoms with Gasteiger partial charge in [0.2, 0.25) is 0 Å². The smallest absolute Gasteiger partial charge is 0.331 e. The Bertz CT molecular complexity index is 407. The molecule has 0 aliphatic rings. The third-order valence-corrected chi connectivity index (χ3v) is 2.49. The van der Waals surface area contributed by atoms with Crippen molar-refractivity contribution in [2.45, 2.75) is 26.2 Å². The number of unbranched alkanes of at least 4 members (excludes halogenated alkanes) is 1.